The molecule has 0 bridgehead atoms. The third-order valence-electron chi connectivity index (χ3n) is 4.03. The summed E-state index contributed by atoms with van der Waals surface area (Å²) in [6.45, 7) is 9.07. The van der Waals surface area contributed by atoms with Crippen molar-refractivity contribution in [3.05, 3.63) is 53.3 Å². The number of hydrogen-bond donors (Lipinski definition) is 2. The molecule has 0 aliphatic carbocycles. The highest BCUT2D eigenvalue weighted by Crippen LogP contribution is 2.15. The number of aryl methyl sites for hydroxylation is 3. The summed E-state index contributed by atoms with van der Waals surface area (Å²) < 4.78 is 1.98. The zero-order chi connectivity index (χ0) is 17.4. The number of nitrogens with zero attached hydrogens (tertiary/aromatic N) is 3. The maximum absolute atomic E-state index is 4.30. The zero-order valence-corrected chi connectivity index (χ0v) is 18.0. The minimum atomic E-state index is 0. The van der Waals surface area contributed by atoms with Crippen LogP contribution in [0.2, 0.25) is 0 Å². The Balaban J connectivity index is 0.00000312. The summed E-state index contributed by atoms with van der Waals surface area (Å²) in [6, 6.07) is 8.67. The molecule has 1 atom stereocenters. The van der Waals surface area contributed by atoms with Gasteiger partial charge in [-0.05, 0) is 37.3 Å². The molecule has 0 saturated heterocycles. The van der Waals surface area contributed by atoms with E-state index in [0.29, 0.717) is 5.92 Å². The van der Waals surface area contributed by atoms with E-state index in [1.807, 2.05) is 17.9 Å². The Hall–Kier alpha value is -1.57. The summed E-state index contributed by atoms with van der Waals surface area (Å²) in [5, 5.41) is 11.1. The van der Waals surface area contributed by atoms with Crippen molar-refractivity contribution in [3.63, 3.8) is 0 Å². The van der Waals surface area contributed by atoms with E-state index in [0.717, 1.165) is 32.0 Å². The molecule has 25 heavy (non-hydrogen) atoms. The molecule has 0 fully saturated rings. The standard InChI is InChI=1S/C19H29N5.HI/c1-15-7-5-8-18(11-15)17(3)13-22-19(20-4)21-9-6-10-24-14-16(2)12-23-24;/h5,7-8,11-12,14,17H,6,9-10,13H2,1-4H3,(H2,20,21,22);1H. The number of aromatic nitrogens is 2. The largest absolute Gasteiger partial charge is 0.356 e. The molecule has 2 rings (SSSR count). The van der Waals surface area contributed by atoms with Gasteiger partial charge in [0, 0.05) is 32.9 Å². The average Bonchev–Trinajstić information content (AvgIpc) is 2.99. The van der Waals surface area contributed by atoms with Crippen LogP contribution in [0.25, 0.3) is 0 Å². The second kappa shape index (κ2) is 11.1. The van der Waals surface area contributed by atoms with Crippen LogP contribution in [0.1, 0.15) is 36.0 Å². The molecule has 0 amide bonds. The summed E-state index contributed by atoms with van der Waals surface area (Å²) >= 11 is 0. The van der Waals surface area contributed by atoms with Gasteiger partial charge in [0.1, 0.15) is 0 Å². The van der Waals surface area contributed by atoms with Crippen LogP contribution in [0.3, 0.4) is 0 Å². The Morgan fingerprint density at radius 3 is 2.68 bits per heavy atom. The number of nitrogens with one attached hydrogen (secondary N) is 2. The van der Waals surface area contributed by atoms with Crippen molar-refractivity contribution in [1.29, 1.82) is 0 Å². The van der Waals surface area contributed by atoms with Gasteiger partial charge < -0.3 is 10.6 Å². The molecule has 5 nitrogen and oxygen atoms in total. The summed E-state index contributed by atoms with van der Waals surface area (Å²) in [5.74, 6) is 1.29. The van der Waals surface area contributed by atoms with Crippen molar-refractivity contribution >= 4 is 29.9 Å². The Morgan fingerprint density at radius 2 is 2.04 bits per heavy atom. The molecule has 2 N–H and O–H groups in total. The SMILES string of the molecule is CN=C(NCCCn1cc(C)cn1)NCC(C)c1cccc(C)c1.I. The second-order valence-electron chi connectivity index (χ2n) is 6.33. The van der Waals surface area contributed by atoms with Gasteiger partial charge in [0.2, 0.25) is 0 Å². The Morgan fingerprint density at radius 1 is 1.24 bits per heavy atom. The predicted octanol–water partition coefficient (Wildman–Crippen LogP) is 3.48. The number of rotatable bonds is 7. The first-order valence-electron chi connectivity index (χ1n) is 8.58. The lowest BCUT2D eigenvalue weighted by Crippen LogP contribution is -2.39. The van der Waals surface area contributed by atoms with E-state index in [-0.39, 0.29) is 24.0 Å². The van der Waals surface area contributed by atoms with E-state index in [1.165, 1.54) is 16.7 Å². The highest BCUT2D eigenvalue weighted by atomic mass is 127. The molecular formula is C19H30IN5. The van der Waals surface area contributed by atoms with Crippen molar-refractivity contribution < 1.29 is 0 Å². The van der Waals surface area contributed by atoms with E-state index in [2.05, 4.69) is 72.0 Å². The van der Waals surface area contributed by atoms with E-state index < -0.39 is 0 Å². The van der Waals surface area contributed by atoms with E-state index in [9.17, 15) is 0 Å². The van der Waals surface area contributed by atoms with Crippen molar-refractivity contribution in [2.75, 3.05) is 20.1 Å². The summed E-state index contributed by atoms with van der Waals surface area (Å²) in [5.41, 5.74) is 3.85. The Bertz CT molecular complexity index is 665. The zero-order valence-electron chi connectivity index (χ0n) is 15.6. The molecule has 0 radical (unpaired) electrons. The molecule has 1 aromatic heterocycles. The topological polar surface area (TPSA) is 54.2 Å². The van der Waals surface area contributed by atoms with Gasteiger partial charge in [-0.15, -0.1) is 24.0 Å². The lowest BCUT2D eigenvalue weighted by atomic mass is 9.99. The first kappa shape index (κ1) is 21.5. The van der Waals surface area contributed by atoms with E-state index >= 15 is 0 Å². The molecule has 0 spiro atoms. The minimum absolute atomic E-state index is 0. The second-order valence-corrected chi connectivity index (χ2v) is 6.33. The van der Waals surface area contributed by atoms with E-state index in [1.54, 1.807) is 0 Å². The van der Waals surface area contributed by atoms with Gasteiger partial charge in [0.15, 0.2) is 5.96 Å². The van der Waals surface area contributed by atoms with Crippen LogP contribution in [-0.4, -0.2) is 35.9 Å². The normalized spacial score (nSPS) is 12.4. The monoisotopic (exact) mass is 455 g/mol. The molecule has 1 unspecified atom stereocenters. The summed E-state index contributed by atoms with van der Waals surface area (Å²) in [4.78, 5) is 4.29. The molecule has 1 heterocycles. The molecule has 0 aliphatic rings. The van der Waals surface area contributed by atoms with Crippen molar-refractivity contribution in [2.45, 2.75) is 39.7 Å². The molecular weight excluding hydrogens is 425 g/mol. The number of halogens is 1. The van der Waals surface area contributed by atoms with Gasteiger partial charge in [-0.25, -0.2) is 0 Å². The third-order valence-corrected chi connectivity index (χ3v) is 4.03. The van der Waals surface area contributed by atoms with Gasteiger partial charge >= 0.3 is 0 Å². The number of aliphatic imine (C=N–C) groups is 1. The molecule has 138 valence electrons. The predicted molar refractivity (Wildman–Crippen MR) is 116 cm³/mol. The van der Waals surface area contributed by atoms with Crippen LogP contribution in [0, 0.1) is 13.8 Å². The fourth-order valence-corrected chi connectivity index (χ4v) is 2.60. The molecule has 6 heteroatoms. The van der Waals surface area contributed by atoms with Gasteiger partial charge in [-0.3, -0.25) is 9.67 Å². The lowest BCUT2D eigenvalue weighted by Gasteiger charge is -2.16. The van der Waals surface area contributed by atoms with Crippen LogP contribution in [0.15, 0.2) is 41.7 Å². The minimum Gasteiger partial charge on any atom is -0.356 e. The number of guanidine groups is 1. The van der Waals surface area contributed by atoms with Crippen molar-refractivity contribution in [3.8, 4) is 0 Å². The van der Waals surface area contributed by atoms with Gasteiger partial charge in [0.25, 0.3) is 0 Å². The van der Waals surface area contributed by atoms with Crippen LogP contribution in [-0.2, 0) is 6.54 Å². The van der Waals surface area contributed by atoms with Crippen LogP contribution >= 0.6 is 24.0 Å². The third kappa shape index (κ3) is 7.46. The summed E-state index contributed by atoms with van der Waals surface area (Å²) in [6.07, 6.45) is 4.96. The Kier molecular flexibility index (Phi) is 9.55. The van der Waals surface area contributed by atoms with Crippen LogP contribution in [0.4, 0.5) is 0 Å². The highest BCUT2D eigenvalue weighted by Gasteiger charge is 2.06. The summed E-state index contributed by atoms with van der Waals surface area (Å²) in [7, 11) is 1.81. The van der Waals surface area contributed by atoms with Crippen molar-refractivity contribution in [2.24, 2.45) is 4.99 Å². The fraction of sp³-hybridized carbons (Fsp3) is 0.474. The van der Waals surface area contributed by atoms with Crippen LogP contribution in [0.5, 0.6) is 0 Å². The van der Waals surface area contributed by atoms with Crippen molar-refractivity contribution in [1.82, 2.24) is 20.4 Å². The maximum atomic E-state index is 4.30. The quantitative estimate of drug-likeness (QED) is 0.291. The average molecular weight is 455 g/mol. The fourth-order valence-electron chi connectivity index (χ4n) is 2.60. The van der Waals surface area contributed by atoms with Gasteiger partial charge in [-0.1, -0.05) is 36.8 Å². The first-order valence-corrected chi connectivity index (χ1v) is 8.58. The number of hydrogen-bond acceptors (Lipinski definition) is 2. The number of benzene rings is 1. The highest BCUT2D eigenvalue weighted by molar-refractivity contribution is 14.0. The lowest BCUT2D eigenvalue weighted by molar-refractivity contribution is 0.569. The molecule has 0 aliphatic heterocycles. The molecule has 1 aromatic carbocycles. The van der Waals surface area contributed by atoms with Gasteiger partial charge in [0.05, 0.1) is 6.20 Å². The van der Waals surface area contributed by atoms with Crippen LogP contribution < -0.4 is 10.6 Å². The Labute approximate surface area is 168 Å². The van der Waals surface area contributed by atoms with E-state index in [4.69, 9.17) is 0 Å². The van der Waals surface area contributed by atoms with Gasteiger partial charge in [-0.2, -0.15) is 5.10 Å². The smallest absolute Gasteiger partial charge is 0.190 e. The molecule has 0 saturated carbocycles. The molecule has 2 aromatic rings. The maximum Gasteiger partial charge on any atom is 0.190 e. The first-order chi connectivity index (χ1) is 11.6.